The lowest BCUT2D eigenvalue weighted by Crippen LogP contribution is -2.19. The number of methoxy groups -OCH3 is 1. The molecule has 0 saturated heterocycles. The van der Waals surface area contributed by atoms with Gasteiger partial charge in [-0.3, -0.25) is 0 Å². The Balaban J connectivity index is 2.06. The van der Waals surface area contributed by atoms with Gasteiger partial charge in [-0.05, 0) is 55.0 Å². The van der Waals surface area contributed by atoms with Crippen LogP contribution in [0.3, 0.4) is 0 Å². The van der Waals surface area contributed by atoms with Gasteiger partial charge in [0.05, 0.1) is 7.11 Å². The minimum atomic E-state index is -0.451. The van der Waals surface area contributed by atoms with Crippen LogP contribution in [0.5, 0.6) is 5.75 Å². The molecule has 0 spiro atoms. The summed E-state index contributed by atoms with van der Waals surface area (Å²) >= 11 is 11.1. The molecule has 0 fully saturated rings. The van der Waals surface area contributed by atoms with Crippen LogP contribution in [0.15, 0.2) is 36.4 Å². The Labute approximate surface area is 133 Å². The Bertz CT molecular complexity index is 679. The Morgan fingerprint density at radius 1 is 1.19 bits per heavy atom. The van der Waals surface area contributed by atoms with Crippen molar-refractivity contribution in [1.29, 1.82) is 0 Å². The summed E-state index contributed by atoms with van der Waals surface area (Å²) in [4.78, 5) is 0. The monoisotopic (exact) mass is 324 g/mol. The summed E-state index contributed by atoms with van der Waals surface area (Å²) in [6.07, 6.45) is 0. The van der Waals surface area contributed by atoms with Crippen LogP contribution in [0.2, 0.25) is 5.02 Å². The number of benzene rings is 2. The van der Waals surface area contributed by atoms with Crippen LogP contribution in [0.25, 0.3) is 0 Å². The normalized spacial score (nSPS) is 10.1. The van der Waals surface area contributed by atoms with Gasteiger partial charge in [0.1, 0.15) is 0 Å². The van der Waals surface area contributed by atoms with Gasteiger partial charge >= 0.3 is 0 Å². The second kappa shape index (κ2) is 6.74. The van der Waals surface area contributed by atoms with Crippen LogP contribution in [0.4, 0.5) is 15.8 Å². The van der Waals surface area contributed by atoms with Gasteiger partial charge in [0.2, 0.25) is 0 Å². The fourth-order valence-electron chi connectivity index (χ4n) is 1.80. The fourth-order valence-corrected chi connectivity index (χ4v) is 2.25. The van der Waals surface area contributed by atoms with Crippen molar-refractivity contribution in [1.82, 2.24) is 0 Å². The van der Waals surface area contributed by atoms with Gasteiger partial charge in [-0.15, -0.1) is 0 Å². The number of hydrogen-bond acceptors (Lipinski definition) is 2. The third-order valence-electron chi connectivity index (χ3n) is 2.85. The van der Waals surface area contributed by atoms with Crippen molar-refractivity contribution in [3.05, 3.63) is 52.8 Å². The summed E-state index contributed by atoms with van der Waals surface area (Å²) in [6, 6.07) is 9.98. The third-order valence-corrected chi connectivity index (χ3v) is 3.29. The van der Waals surface area contributed by atoms with Crippen LogP contribution in [0, 0.1) is 12.7 Å². The van der Waals surface area contributed by atoms with Crippen molar-refractivity contribution >= 4 is 40.3 Å². The minimum absolute atomic E-state index is 0.188. The molecule has 0 atom stereocenters. The molecule has 110 valence electrons. The topological polar surface area (TPSA) is 33.3 Å². The summed E-state index contributed by atoms with van der Waals surface area (Å²) in [5, 5.41) is 6.99. The summed E-state index contributed by atoms with van der Waals surface area (Å²) in [5.41, 5.74) is 2.34. The van der Waals surface area contributed by atoms with E-state index in [1.807, 2.05) is 19.1 Å². The summed E-state index contributed by atoms with van der Waals surface area (Å²) in [7, 11) is 1.42. The highest BCUT2D eigenvalue weighted by Crippen LogP contribution is 2.22. The van der Waals surface area contributed by atoms with Gasteiger partial charge in [-0.25, -0.2) is 4.39 Å². The number of halogens is 2. The molecule has 0 heterocycles. The third kappa shape index (κ3) is 4.06. The second-order valence-electron chi connectivity index (χ2n) is 4.39. The maximum atomic E-state index is 13.6. The van der Waals surface area contributed by atoms with Gasteiger partial charge in [-0.2, -0.15) is 0 Å². The lowest BCUT2D eigenvalue weighted by Gasteiger charge is -2.13. The smallest absolute Gasteiger partial charge is 0.175 e. The molecule has 0 aromatic heterocycles. The maximum absolute atomic E-state index is 13.6. The zero-order chi connectivity index (χ0) is 15.4. The van der Waals surface area contributed by atoms with Crippen molar-refractivity contribution in [2.45, 2.75) is 6.92 Å². The van der Waals surface area contributed by atoms with Crippen LogP contribution in [-0.4, -0.2) is 12.2 Å². The van der Waals surface area contributed by atoms with Gasteiger partial charge in [0.25, 0.3) is 0 Å². The largest absolute Gasteiger partial charge is 0.494 e. The molecular weight excluding hydrogens is 311 g/mol. The first-order valence-electron chi connectivity index (χ1n) is 6.17. The molecule has 0 aliphatic carbocycles. The van der Waals surface area contributed by atoms with Crippen LogP contribution in [0.1, 0.15) is 5.56 Å². The van der Waals surface area contributed by atoms with Crippen molar-refractivity contribution in [2.75, 3.05) is 17.7 Å². The molecule has 0 bridgehead atoms. The molecule has 3 nitrogen and oxygen atoms in total. The number of aryl methyl sites for hydroxylation is 1. The Kier molecular flexibility index (Phi) is 4.98. The Hall–Kier alpha value is -1.85. The van der Waals surface area contributed by atoms with Crippen molar-refractivity contribution in [2.24, 2.45) is 0 Å². The number of rotatable bonds is 3. The van der Waals surface area contributed by atoms with Crippen LogP contribution in [-0.2, 0) is 0 Å². The molecular formula is C15H14ClFN2OS. The highest BCUT2D eigenvalue weighted by molar-refractivity contribution is 7.80. The molecule has 0 radical (unpaired) electrons. The van der Waals surface area contributed by atoms with Crippen molar-refractivity contribution < 1.29 is 9.13 Å². The van der Waals surface area contributed by atoms with E-state index < -0.39 is 5.82 Å². The number of anilines is 2. The zero-order valence-electron chi connectivity index (χ0n) is 11.5. The predicted molar refractivity (Wildman–Crippen MR) is 89.0 cm³/mol. The highest BCUT2D eigenvalue weighted by atomic mass is 35.5. The average Bonchev–Trinajstić information content (AvgIpc) is 2.42. The molecule has 0 aliphatic rings. The van der Waals surface area contributed by atoms with Crippen molar-refractivity contribution in [3.63, 3.8) is 0 Å². The second-order valence-corrected chi connectivity index (χ2v) is 5.23. The molecule has 2 rings (SSSR count). The molecule has 2 N–H and O–H groups in total. The number of ether oxygens (including phenoxy) is 1. The first-order chi connectivity index (χ1) is 9.99. The molecule has 2 aromatic carbocycles. The summed E-state index contributed by atoms with van der Waals surface area (Å²) in [6.45, 7) is 1.92. The van der Waals surface area contributed by atoms with E-state index in [4.69, 9.17) is 28.6 Å². The van der Waals surface area contributed by atoms with E-state index in [-0.39, 0.29) is 5.75 Å². The van der Waals surface area contributed by atoms with Gasteiger partial charge < -0.3 is 15.4 Å². The van der Waals surface area contributed by atoms with E-state index in [0.717, 1.165) is 11.3 Å². The Morgan fingerprint density at radius 3 is 2.57 bits per heavy atom. The number of nitrogens with one attached hydrogen (secondary N) is 2. The molecule has 2 aromatic rings. The van der Waals surface area contributed by atoms with Crippen LogP contribution < -0.4 is 15.4 Å². The highest BCUT2D eigenvalue weighted by Gasteiger charge is 2.06. The van der Waals surface area contributed by atoms with E-state index in [9.17, 15) is 4.39 Å². The van der Waals surface area contributed by atoms with E-state index >= 15 is 0 Å². The molecule has 0 unspecified atom stereocenters. The van der Waals surface area contributed by atoms with E-state index in [2.05, 4.69) is 10.6 Å². The first kappa shape index (κ1) is 15.5. The fraction of sp³-hybridized carbons (Fsp3) is 0.133. The molecule has 0 amide bonds. The zero-order valence-corrected chi connectivity index (χ0v) is 13.1. The lowest BCUT2D eigenvalue weighted by molar-refractivity contribution is 0.387. The standard InChI is InChI=1S/C15H14ClFN2OS/c1-9-7-10(16)3-5-13(9)19-15(21)18-11-4-6-14(20-2)12(17)8-11/h3-8H,1-2H3,(H2,18,19,21). The van der Waals surface area contributed by atoms with E-state index in [1.54, 1.807) is 12.1 Å². The summed E-state index contributed by atoms with van der Waals surface area (Å²) in [5.74, 6) is -0.263. The van der Waals surface area contributed by atoms with Crippen molar-refractivity contribution in [3.8, 4) is 5.75 Å². The van der Waals surface area contributed by atoms with E-state index in [0.29, 0.717) is 15.8 Å². The summed E-state index contributed by atoms with van der Waals surface area (Å²) < 4.78 is 18.5. The maximum Gasteiger partial charge on any atom is 0.175 e. The van der Waals surface area contributed by atoms with Crippen LogP contribution >= 0.6 is 23.8 Å². The molecule has 0 saturated carbocycles. The van der Waals surface area contributed by atoms with E-state index in [1.165, 1.54) is 19.2 Å². The quantitative estimate of drug-likeness (QED) is 0.808. The van der Waals surface area contributed by atoms with Gasteiger partial charge in [-0.1, -0.05) is 11.6 Å². The first-order valence-corrected chi connectivity index (χ1v) is 6.96. The van der Waals surface area contributed by atoms with Gasteiger partial charge in [0.15, 0.2) is 16.7 Å². The predicted octanol–water partition coefficient (Wildman–Crippen LogP) is 4.61. The van der Waals surface area contributed by atoms with Gasteiger partial charge in [0, 0.05) is 22.5 Å². The number of thiocarbonyl (C=S) groups is 1. The molecule has 6 heteroatoms. The number of hydrogen-bond donors (Lipinski definition) is 2. The molecule has 21 heavy (non-hydrogen) atoms. The minimum Gasteiger partial charge on any atom is -0.494 e. The SMILES string of the molecule is COc1ccc(NC(=S)Nc2ccc(Cl)cc2C)cc1F. The lowest BCUT2D eigenvalue weighted by atomic mass is 10.2. The Morgan fingerprint density at radius 2 is 1.95 bits per heavy atom. The average molecular weight is 325 g/mol. The molecule has 0 aliphatic heterocycles.